The maximum atomic E-state index is 12.4. The van der Waals surface area contributed by atoms with Gasteiger partial charge in [0, 0.05) is 36.6 Å². The van der Waals surface area contributed by atoms with Crippen LogP contribution in [0, 0.1) is 10.1 Å². The minimum absolute atomic E-state index is 0.183. The number of benzene rings is 3. The van der Waals surface area contributed by atoms with E-state index in [0.29, 0.717) is 40.3 Å². The molecule has 0 bridgehead atoms. The van der Waals surface area contributed by atoms with Gasteiger partial charge in [-0.2, -0.15) is 0 Å². The lowest BCUT2D eigenvalue weighted by molar-refractivity contribution is -0.384. The quantitative estimate of drug-likeness (QED) is 0.213. The number of hydrogen-bond acceptors (Lipinski definition) is 7. The molecule has 4 rings (SSSR count). The van der Waals surface area contributed by atoms with E-state index in [1.165, 1.54) is 25.1 Å². The maximum Gasteiger partial charge on any atom is 0.271 e. The average Bonchev–Trinajstić information content (AvgIpc) is 3.14. The first-order valence-corrected chi connectivity index (χ1v) is 11.3. The molecule has 184 valence electrons. The predicted molar refractivity (Wildman–Crippen MR) is 139 cm³/mol. The van der Waals surface area contributed by atoms with Crippen LogP contribution in [0.4, 0.5) is 11.4 Å². The Morgan fingerprint density at radius 3 is 2.39 bits per heavy atom. The molecule has 1 N–H and O–H groups in total. The summed E-state index contributed by atoms with van der Waals surface area (Å²) in [6.07, 6.45) is 0. The van der Waals surface area contributed by atoms with Crippen molar-refractivity contribution < 1.29 is 19.6 Å². The van der Waals surface area contributed by atoms with Gasteiger partial charge in [0.15, 0.2) is 0 Å². The summed E-state index contributed by atoms with van der Waals surface area (Å²) >= 11 is 0. The van der Waals surface area contributed by atoms with Gasteiger partial charge in [0.2, 0.25) is 11.8 Å². The van der Waals surface area contributed by atoms with Crippen molar-refractivity contribution in [2.75, 3.05) is 27.2 Å². The highest BCUT2D eigenvalue weighted by Crippen LogP contribution is 2.36. The number of nitrogens with zero attached hydrogens (tertiary/aromatic N) is 4. The fourth-order valence-corrected chi connectivity index (χ4v) is 3.88. The Morgan fingerprint density at radius 2 is 1.78 bits per heavy atom. The third-order valence-electron chi connectivity index (χ3n) is 5.62. The van der Waals surface area contributed by atoms with Crippen LogP contribution in [-0.4, -0.2) is 58.4 Å². The molecule has 0 atom stereocenters. The molecule has 0 aliphatic heterocycles. The number of rotatable bonds is 8. The van der Waals surface area contributed by atoms with Gasteiger partial charge in [0.05, 0.1) is 27.4 Å². The Balaban J connectivity index is 1.86. The Hall–Kier alpha value is -4.50. The molecule has 3 aromatic carbocycles. The van der Waals surface area contributed by atoms with Crippen LogP contribution in [0.3, 0.4) is 0 Å². The molecule has 1 aromatic heterocycles. The summed E-state index contributed by atoms with van der Waals surface area (Å²) in [5.41, 5.74) is 2.11. The molecule has 0 amide bonds. The number of carbonyl (C=O) groups excluding carboxylic acids is 1. The van der Waals surface area contributed by atoms with E-state index in [1.54, 1.807) is 12.1 Å². The van der Waals surface area contributed by atoms with Gasteiger partial charge in [0.25, 0.3) is 5.69 Å². The van der Waals surface area contributed by atoms with Crippen LogP contribution in [0.15, 0.2) is 77.8 Å². The number of non-ortho nitro benzene ring substituents is 1. The van der Waals surface area contributed by atoms with E-state index in [4.69, 9.17) is 9.73 Å². The lowest BCUT2D eigenvalue weighted by Crippen LogP contribution is -2.19. The standard InChI is InChI=1S/C27H26N4O5/c1-18(32)30-24-17-21(31(34)35)11-14-23(24)25(27(30)33)26(19-7-5-4-6-8-19)28-20-9-12-22(13-10-20)36-16-15-29(2)3/h4-14,17,33H,15-16H2,1-3H3. The lowest BCUT2D eigenvalue weighted by Gasteiger charge is -2.11. The third-order valence-corrected chi connectivity index (χ3v) is 5.62. The number of hydrogen-bond donors (Lipinski definition) is 1. The molecule has 0 unspecified atom stereocenters. The predicted octanol–water partition coefficient (Wildman–Crippen LogP) is 5.02. The summed E-state index contributed by atoms with van der Waals surface area (Å²) in [5, 5.41) is 23.0. The van der Waals surface area contributed by atoms with E-state index in [2.05, 4.69) is 0 Å². The number of aliphatic imine (C=N–C) groups is 1. The van der Waals surface area contributed by atoms with Gasteiger partial charge in [-0.3, -0.25) is 14.9 Å². The molecule has 0 aliphatic rings. The lowest BCUT2D eigenvalue weighted by atomic mass is 10.0. The van der Waals surface area contributed by atoms with Gasteiger partial charge in [-0.25, -0.2) is 9.56 Å². The molecule has 0 saturated carbocycles. The van der Waals surface area contributed by atoms with Crippen LogP contribution < -0.4 is 4.74 Å². The highest BCUT2D eigenvalue weighted by molar-refractivity contribution is 6.23. The van der Waals surface area contributed by atoms with E-state index < -0.39 is 10.8 Å². The number of carbonyl (C=O) groups is 1. The fraction of sp³-hybridized carbons (Fsp3) is 0.185. The first kappa shape index (κ1) is 24.6. The molecule has 9 nitrogen and oxygen atoms in total. The Kier molecular flexibility index (Phi) is 7.12. The minimum atomic E-state index is -0.540. The molecule has 1 heterocycles. The largest absolute Gasteiger partial charge is 0.494 e. The SMILES string of the molecule is CC(=O)n1c(O)c(C(=Nc2ccc(OCCN(C)C)cc2)c2ccccc2)c2ccc([N+](=O)[O-])cc21. The first-order valence-electron chi connectivity index (χ1n) is 11.3. The number of likely N-dealkylation sites (N-methyl/N-ethyl adjacent to an activating group) is 1. The van der Waals surface area contributed by atoms with Crippen LogP contribution in [-0.2, 0) is 0 Å². The van der Waals surface area contributed by atoms with E-state index in [-0.39, 0.29) is 17.1 Å². The zero-order valence-corrected chi connectivity index (χ0v) is 20.2. The van der Waals surface area contributed by atoms with Crippen LogP contribution in [0.2, 0.25) is 0 Å². The summed E-state index contributed by atoms with van der Waals surface area (Å²) in [7, 11) is 3.95. The molecule has 4 aromatic rings. The second-order valence-corrected chi connectivity index (χ2v) is 8.48. The second kappa shape index (κ2) is 10.4. The molecule has 0 fully saturated rings. The van der Waals surface area contributed by atoms with Crippen molar-refractivity contribution in [3.63, 3.8) is 0 Å². The Bertz CT molecular complexity index is 1440. The Morgan fingerprint density at radius 1 is 1.08 bits per heavy atom. The summed E-state index contributed by atoms with van der Waals surface area (Å²) in [6.45, 7) is 2.63. The number of fused-ring (bicyclic) bond motifs is 1. The molecule has 0 radical (unpaired) electrons. The van der Waals surface area contributed by atoms with E-state index in [9.17, 15) is 20.0 Å². The molecular weight excluding hydrogens is 460 g/mol. The van der Waals surface area contributed by atoms with Crippen molar-refractivity contribution in [1.29, 1.82) is 0 Å². The van der Waals surface area contributed by atoms with Gasteiger partial charge in [-0.05, 0) is 44.4 Å². The van der Waals surface area contributed by atoms with E-state index in [1.807, 2.05) is 61.5 Å². The number of aromatic hydroxyl groups is 1. The fourth-order valence-electron chi connectivity index (χ4n) is 3.88. The molecule has 9 heteroatoms. The zero-order valence-electron chi connectivity index (χ0n) is 20.2. The number of aromatic nitrogens is 1. The summed E-state index contributed by atoms with van der Waals surface area (Å²) < 4.78 is 6.82. The van der Waals surface area contributed by atoms with Gasteiger partial charge in [0.1, 0.15) is 12.4 Å². The van der Waals surface area contributed by atoms with Crippen molar-refractivity contribution in [2.45, 2.75) is 6.92 Å². The van der Waals surface area contributed by atoms with Gasteiger partial charge < -0.3 is 14.7 Å². The van der Waals surface area contributed by atoms with Crippen molar-refractivity contribution >= 4 is 33.9 Å². The molecule has 0 aliphatic carbocycles. The second-order valence-electron chi connectivity index (χ2n) is 8.48. The molecular formula is C27H26N4O5. The van der Waals surface area contributed by atoms with Gasteiger partial charge >= 0.3 is 0 Å². The van der Waals surface area contributed by atoms with Crippen molar-refractivity contribution in [2.24, 2.45) is 4.99 Å². The highest BCUT2D eigenvalue weighted by atomic mass is 16.6. The smallest absolute Gasteiger partial charge is 0.271 e. The number of nitro groups is 1. The molecule has 0 saturated heterocycles. The van der Waals surface area contributed by atoms with Crippen LogP contribution in [0.5, 0.6) is 11.6 Å². The van der Waals surface area contributed by atoms with Crippen molar-refractivity contribution in [1.82, 2.24) is 9.47 Å². The normalized spacial score (nSPS) is 11.7. The van der Waals surface area contributed by atoms with Crippen LogP contribution >= 0.6 is 0 Å². The van der Waals surface area contributed by atoms with Gasteiger partial charge in [-0.1, -0.05) is 30.3 Å². The van der Waals surface area contributed by atoms with Gasteiger partial charge in [-0.15, -0.1) is 0 Å². The van der Waals surface area contributed by atoms with E-state index >= 15 is 0 Å². The highest BCUT2D eigenvalue weighted by Gasteiger charge is 2.25. The Labute approximate surface area is 208 Å². The van der Waals surface area contributed by atoms with E-state index in [0.717, 1.165) is 11.1 Å². The van der Waals surface area contributed by atoms with Crippen LogP contribution in [0.1, 0.15) is 22.8 Å². The topological polar surface area (TPSA) is 110 Å². The third kappa shape index (κ3) is 5.11. The molecule has 0 spiro atoms. The van der Waals surface area contributed by atoms with Crippen LogP contribution in [0.25, 0.3) is 10.9 Å². The monoisotopic (exact) mass is 486 g/mol. The number of ether oxygens (including phenoxy) is 1. The van der Waals surface area contributed by atoms with Crippen molar-refractivity contribution in [3.05, 3.63) is 94.0 Å². The van der Waals surface area contributed by atoms with Crippen molar-refractivity contribution in [3.8, 4) is 11.6 Å². The summed E-state index contributed by atoms with van der Waals surface area (Å²) in [4.78, 5) is 30.1. The maximum absolute atomic E-state index is 12.4. The summed E-state index contributed by atoms with van der Waals surface area (Å²) in [5.74, 6) is -0.0967. The number of nitro benzene ring substituents is 1. The average molecular weight is 487 g/mol. The first-order chi connectivity index (χ1) is 17.3. The minimum Gasteiger partial charge on any atom is -0.494 e. The summed E-state index contributed by atoms with van der Waals surface area (Å²) in [6, 6.07) is 20.7. The molecule has 36 heavy (non-hydrogen) atoms. The zero-order chi connectivity index (χ0) is 25.8.